The molecule has 1 aliphatic rings. The second kappa shape index (κ2) is 9.13. The number of benzene rings is 1. The summed E-state index contributed by atoms with van der Waals surface area (Å²) in [6.07, 6.45) is 2.39. The first-order valence-electron chi connectivity index (χ1n) is 10.2. The van der Waals surface area contributed by atoms with Gasteiger partial charge in [-0.2, -0.15) is 0 Å². The minimum Gasteiger partial charge on any atom is -0.340 e. The van der Waals surface area contributed by atoms with E-state index in [0.29, 0.717) is 45.8 Å². The largest absolute Gasteiger partial charge is 0.340 e. The maximum atomic E-state index is 12.8. The number of hydrogen-bond donors (Lipinski definition) is 0. The van der Waals surface area contributed by atoms with Gasteiger partial charge in [-0.15, -0.1) is 0 Å². The van der Waals surface area contributed by atoms with Crippen LogP contribution in [0.5, 0.6) is 0 Å². The third kappa shape index (κ3) is 5.27. The van der Waals surface area contributed by atoms with Crippen molar-refractivity contribution in [2.75, 3.05) is 44.7 Å². The first-order chi connectivity index (χ1) is 13.8. The van der Waals surface area contributed by atoms with Crippen LogP contribution >= 0.6 is 0 Å². The predicted octanol–water partition coefficient (Wildman–Crippen LogP) is 0.792. The predicted molar refractivity (Wildman–Crippen MR) is 114 cm³/mol. The number of hydrogen-bond acceptors (Lipinski definition) is 5. The molecule has 3 rings (SSSR count). The topological polar surface area (TPSA) is 84.6 Å². The first-order valence-corrected chi connectivity index (χ1v) is 12.2. The summed E-state index contributed by atoms with van der Waals surface area (Å²) in [5, 5.41) is 0. The molecule has 1 aromatic carbocycles. The van der Waals surface area contributed by atoms with Gasteiger partial charge in [0, 0.05) is 58.5 Å². The number of nitrogens with zero attached hydrogens (tertiary/aromatic N) is 4. The average molecular weight is 423 g/mol. The SMILES string of the molecule is CCCn1c(=O)n(CCC(=O)N2CCN(CCS(C)(=O)=O)CC2)c2ccccc21. The second-order valence-corrected chi connectivity index (χ2v) is 9.94. The molecular weight excluding hydrogens is 392 g/mol. The average Bonchev–Trinajstić information content (AvgIpc) is 2.96. The zero-order chi connectivity index (χ0) is 21.0. The van der Waals surface area contributed by atoms with Crippen molar-refractivity contribution < 1.29 is 13.2 Å². The molecule has 160 valence electrons. The number of rotatable bonds is 8. The van der Waals surface area contributed by atoms with Crippen LogP contribution in [0.4, 0.5) is 0 Å². The van der Waals surface area contributed by atoms with Gasteiger partial charge in [0.25, 0.3) is 0 Å². The number of fused-ring (bicyclic) bond motifs is 1. The Morgan fingerprint density at radius 1 is 0.966 bits per heavy atom. The molecule has 0 N–H and O–H groups in total. The highest BCUT2D eigenvalue weighted by Crippen LogP contribution is 2.14. The minimum atomic E-state index is -2.97. The van der Waals surface area contributed by atoms with E-state index < -0.39 is 9.84 Å². The molecule has 1 fully saturated rings. The van der Waals surface area contributed by atoms with Gasteiger partial charge >= 0.3 is 5.69 Å². The lowest BCUT2D eigenvalue weighted by Crippen LogP contribution is -2.49. The zero-order valence-electron chi connectivity index (χ0n) is 17.2. The van der Waals surface area contributed by atoms with Crippen LogP contribution < -0.4 is 5.69 Å². The second-order valence-electron chi connectivity index (χ2n) is 7.68. The number of piperazine rings is 1. The highest BCUT2D eigenvalue weighted by Gasteiger charge is 2.22. The molecule has 0 unspecified atom stereocenters. The van der Waals surface area contributed by atoms with Crippen molar-refractivity contribution in [3.05, 3.63) is 34.7 Å². The molecule has 8 nitrogen and oxygen atoms in total. The van der Waals surface area contributed by atoms with Crippen molar-refractivity contribution in [2.45, 2.75) is 32.9 Å². The number of imidazole rings is 1. The highest BCUT2D eigenvalue weighted by atomic mass is 32.2. The summed E-state index contributed by atoms with van der Waals surface area (Å²) in [5.74, 6) is 0.179. The fourth-order valence-corrected chi connectivity index (χ4v) is 4.40. The van der Waals surface area contributed by atoms with E-state index in [0.717, 1.165) is 17.5 Å². The molecule has 1 aromatic heterocycles. The van der Waals surface area contributed by atoms with E-state index in [1.807, 2.05) is 36.1 Å². The summed E-state index contributed by atoms with van der Waals surface area (Å²) in [6.45, 7) is 6.11. The Labute approximate surface area is 171 Å². The number of aryl methyl sites for hydroxylation is 2. The van der Waals surface area contributed by atoms with E-state index >= 15 is 0 Å². The third-order valence-corrected chi connectivity index (χ3v) is 6.35. The van der Waals surface area contributed by atoms with Crippen LogP contribution in [0, 0.1) is 0 Å². The number of sulfone groups is 1. The standard InChI is InChI=1S/C20H30N4O4S/c1-3-9-23-17-6-4-5-7-18(17)24(20(23)26)10-8-19(25)22-13-11-21(12-14-22)15-16-29(2,27)28/h4-7H,3,8-16H2,1-2H3. The Morgan fingerprint density at radius 3 is 2.10 bits per heavy atom. The van der Waals surface area contributed by atoms with Crippen LogP contribution in [-0.4, -0.2) is 78.0 Å². The quantitative estimate of drug-likeness (QED) is 0.628. The molecule has 2 aromatic rings. The van der Waals surface area contributed by atoms with Crippen molar-refractivity contribution >= 4 is 26.8 Å². The maximum absolute atomic E-state index is 12.8. The van der Waals surface area contributed by atoms with Gasteiger partial charge in [-0.1, -0.05) is 19.1 Å². The van der Waals surface area contributed by atoms with Crippen LogP contribution in [0.1, 0.15) is 19.8 Å². The van der Waals surface area contributed by atoms with Crippen LogP contribution in [0.2, 0.25) is 0 Å². The lowest BCUT2D eigenvalue weighted by molar-refractivity contribution is -0.133. The molecule has 0 spiro atoms. The van der Waals surface area contributed by atoms with Crippen LogP contribution in [0.3, 0.4) is 0 Å². The number of carbonyl (C=O) groups excluding carboxylic acids is 1. The van der Waals surface area contributed by atoms with Crippen LogP contribution in [0.15, 0.2) is 29.1 Å². The fraction of sp³-hybridized carbons (Fsp3) is 0.600. The molecule has 0 aliphatic carbocycles. The van der Waals surface area contributed by atoms with E-state index in [4.69, 9.17) is 0 Å². The molecule has 9 heteroatoms. The van der Waals surface area contributed by atoms with Gasteiger partial charge < -0.3 is 4.90 Å². The minimum absolute atomic E-state index is 0.0342. The fourth-order valence-electron chi connectivity index (χ4n) is 3.81. The summed E-state index contributed by atoms with van der Waals surface area (Å²) in [7, 11) is -2.97. The lowest BCUT2D eigenvalue weighted by atomic mass is 10.2. The Morgan fingerprint density at radius 2 is 1.55 bits per heavy atom. The van der Waals surface area contributed by atoms with E-state index in [2.05, 4.69) is 4.90 Å². The molecular formula is C20H30N4O4S. The number of carbonyl (C=O) groups is 1. The van der Waals surface area contributed by atoms with Crippen molar-refractivity contribution in [3.63, 3.8) is 0 Å². The Bertz CT molecular complexity index is 1020. The normalized spacial score (nSPS) is 15.9. The highest BCUT2D eigenvalue weighted by molar-refractivity contribution is 7.90. The molecule has 29 heavy (non-hydrogen) atoms. The lowest BCUT2D eigenvalue weighted by Gasteiger charge is -2.34. The summed E-state index contributed by atoms with van der Waals surface area (Å²) >= 11 is 0. The molecule has 0 saturated carbocycles. The van der Waals surface area contributed by atoms with Crippen LogP contribution in [-0.2, 0) is 27.7 Å². The Kier molecular flexibility index (Phi) is 6.79. The molecule has 0 atom stereocenters. The van der Waals surface area contributed by atoms with E-state index in [1.54, 1.807) is 9.13 Å². The molecule has 1 saturated heterocycles. The Balaban J connectivity index is 1.59. The molecule has 1 aliphatic heterocycles. The molecule has 1 amide bonds. The van der Waals surface area contributed by atoms with Crippen LogP contribution in [0.25, 0.3) is 11.0 Å². The van der Waals surface area contributed by atoms with Crippen molar-refractivity contribution in [1.29, 1.82) is 0 Å². The summed E-state index contributed by atoms with van der Waals surface area (Å²) in [4.78, 5) is 29.4. The van der Waals surface area contributed by atoms with Gasteiger partial charge in [0.05, 0.1) is 16.8 Å². The van der Waals surface area contributed by atoms with Gasteiger partial charge in [0.2, 0.25) is 5.91 Å². The van der Waals surface area contributed by atoms with Gasteiger partial charge in [0.1, 0.15) is 9.84 Å². The number of amides is 1. The summed E-state index contributed by atoms with van der Waals surface area (Å²) < 4.78 is 26.1. The van der Waals surface area contributed by atoms with E-state index in [-0.39, 0.29) is 23.8 Å². The number of aromatic nitrogens is 2. The zero-order valence-corrected chi connectivity index (χ0v) is 18.0. The van der Waals surface area contributed by atoms with E-state index in [1.165, 1.54) is 6.26 Å². The Hall–Kier alpha value is -2.13. The summed E-state index contributed by atoms with van der Waals surface area (Å²) in [5.41, 5.74) is 1.71. The molecule has 0 bridgehead atoms. The first kappa shape index (κ1) is 21.6. The van der Waals surface area contributed by atoms with Gasteiger partial charge in [0.15, 0.2) is 0 Å². The molecule has 2 heterocycles. The number of para-hydroxylation sites is 2. The van der Waals surface area contributed by atoms with Crippen molar-refractivity contribution in [2.24, 2.45) is 0 Å². The maximum Gasteiger partial charge on any atom is 0.329 e. The van der Waals surface area contributed by atoms with Crippen molar-refractivity contribution in [1.82, 2.24) is 18.9 Å². The van der Waals surface area contributed by atoms with Crippen molar-refractivity contribution in [3.8, 4) is 0 Å². The van der Waals surface area contributed by atoms with E-state index in [9.17, 15) is 18.0 Å². The summed E-state index contributed by atoms with van der Waals surface area (Å²) in [6, 6.07) is 7.70. The smallest absolute Gasteiger partial charge is 0.329 e. The third-order valence-electron chi connectivity index (χ3n) is 5.42. The molecule has 0 radical (unpaired) electrons. The monoisotopic (exact) mass is 422 g/mol. The van der Waals surface area contributed by atoms with Gasteiger partial charge in [-0.25, -0.2) is 13.2 Å². The van der Waals surface area contributed by atoms with Gasteiger partial charge in [-0.05, 0) is 18.6 Å². The van der Waals surface area contributed by atoms with Gasteiger partial charge in [-0.3, -0.25) is 18.8 Å².